The molecule has 0 saturated carbocycles. The molecule has 160 valence electrons. The van der Waals surface area contributed by atoms with Crippen LogP contribution in [0.25, 0.3) is 16.3 Å². The zero-order valence-electron chi connectivity index (χ0n) is 17.0. The Bertz CT molecular complexity index is 1320. The largest absolute Gasteiger partial charge is 0.493 e. The minimum atomic E-state index is -3.35. The minimum absolute atomic E-state index is 0.123. The van der Waals surface area contributed by atoms with Gasteiger partial charge in [0.15, 0.2) is 26.5 Å². The Morgan fingerprint density at radius 2 is 2.03 bits per heavy atom. The molecule has 8 nitrogen and oxygen atoms in total. The summed E-state index contributed by atoms with van der Waals surface area (Å²) in [5.74, 6) is 0.423. The van der Waals surface area contributed by atoms with Crippen molar-refractivity contribution in [2.75, 3.05) is 25.3 Å². The first kappa shape index (κ1) is 22.3. The SMILES string of the molecule is CCOc1ccc(/C=C(/C#N)C(=O)Nc2nc3ccc(S(C)(=O)=O)cc3s2)cc1OC. The molecule has 0 radical (unpaired) electrons. The number of ether oxygens (including phenoxy) is 2. The lowest BCUT2D eigenvalue weighted by atomic mass is 10.1. The van der Waals surface area contributed by atoms with Crippen molar-refractivity contribution in [2.45, 2.75) is 11.8 Å². The number of methoxy groups -OCH3 is 1. The van der Waals surface area contributed by atoms with Gasteiger partial charge in [-0.2, -0.15) is 5.26 Å². The summed E-state index contributed by atoms with van der Waals surface area (Å²) in [6.07, 6.45) is 2.56. The normalized spacial score (nSPS) is 11.7. The van der Waals surface area contributed by atoms with Crippen molar-refractivity contribution in [2.24, 2.45) is 0 Å². The second-order valence-electron chi connectivity index (χ2n) is 6.39. The Morgan fingerprint density at radius 1 is 1.26 bits per heavy atom. The van der Waals surface area contributed by atoms with Gasteiger partial charge in [0.25, 0.3) is 5.91 Å². The summed E-state index contributed by atoms with van der Waals surface area (Å²) < 4.78 is 34.8. The van der Waals surface area contributed by atoms with E-state index in [4.69, 9.17) is 9.47 Å². The summed E-state index contributed by atoms with van der Waals surface area (Å²) in [7, 11) is -1.85. The van der Waals surface area contributed by atoms with Gasteiger partial charge in [-0.3, -0.25) is 10.1 Å². The molecule has 1 amide bonds. The van der Waals surface area contributed by atoms with Crippen LogP contribution in [0.4, 0.5) is 5.13 Å². The van der Waals surface area contributed by atoms with Gasteiger partial charge < -0.3 is 9.47 Å². The molecule has 1 aromatic heterocycles. The lowest BCUT2D eigenvalue weighted by Crippen LogP contribution is -2.13. The van der Waals surface area contributed by atoms with E-state index in [1.54, 1.807) is 24.3 Å². The van der Waals surface area contributed by atoms with E-state index in [2.05, 4.69) is 10.3 Å². The van der Waals surface area contributed by atoms with Crippen molar-refractivity contribution in [3.63, 3.8) is 0 Å². The highest BCUT2D eigenvalue weighted by molar-refractivity contribution is 7.90. The van der Waals surface area contributed by atoms with E-state index >= 15 is 0 Å². The second kappa shape index (κ2) is 9.16. The number of hydrogen-bond acceptors (Lipinski definition) is 8. The Labute approximate surface area is 183 Å². The summed E-state index contributed by atoms with van der Waals surface area (Å²) in [4.78, 5) is 17.0. The number of carbonyl (C=O) groups is 1. The maximum atomic E-state index is 12.6. The smallest absolute Gasteiger partial charge is 0.268 e. The molecule has 0 aliphatic heterocycles. The van der Waals surface area contributed by atoms with Crippen molar-refractivity contribution in [1.82, 2.24) is 4.98 Å². The highest BCUT2D eigenvalue weighted by atomic mass is 32.2. The molecule has 0 atom stereocenters. The van der Waals surface area contributed by atoms with Gasteiger partial charge in [0.1, 0.15) is 11.6 Å². The van der Waals surface area contributed by atoms with Crippen LogP contribution < -0.4 is 14.8 Å². The van der Waals surface area contributed by atoms with E-state index < -0.39 is 15.7 Å². The Kier molecular flexibility index (Phi) is 6.58. The number of aromatic nitrogens is 1. The third kappa shape index (κ3) is 5.20. The molecule has 0 aliphatic rings. The molecule has 31 heavy (non-hydrogen) atoms. The van der Waals surface area contributed by atoms with E-state index in [0.29, 0.717) is 33.9 Å². The Balaban J connectivity index is 1.85. The average Bonchev–Trinajstić information content (AvgIpc) is 3.13. The van der Waals surface area contributed by atoms with Crippen LogP contribution >= 0.6 is 11.3 Å². The van der Waals surface area contributed by atoms with Crippen molar-refractivity contribution >= 4 is 48.5 Å². The maximum absolute atomic E-state index is 12.6. The summed E-state index contributed by atoms with van der Waals surface area (Å²) in [6, 6.07) is 11.5. The summed E-state index contributed by atoms with van der Waals surface area (Å²) in [6.45, 7) is 2.33. The molecular weight excluding hydrogens is 438 g/mol. The third-order valence-corrected chi connectivity index (χ3v) is 6.22. The first-order chi connectivity index (χ1) is 14.7. The van der Waals surface area contributed by atoms with Gasteiger partial charge in [-0.1, -0.05) is 17.4 Å². The van der Waals surface area contributed by atoms with Crippen LogP contribution in [0.3, 0.4) is 0 Å². The van der Waals surface area contributed by atoms with Crippen LogP contribution in [-0.4, -0.2) is 39.3 Å². The van der Waals surface area contributed by atoms with Crippen LogP contribution in [0.1, 0.15) is 12.5 Å². The Morgan fingerprint density at radius 3 is 2.68 bits per heavy atom. The van der Waals surface area contributed by atoms with Crippen molar-refractivity contribution < 1.29 is 22.7 Å². The molecule has 0 spiro atoms. The molecule has 0 unspecified atom stereocenters. The first-order valence-corrected chi connectivity index (χ1v) is 11.8. The third-order valence-electron chi connectivity index (χ3n) is 4.17. The van der Waals surface area contributed by atoms with Gasteiger partial charge in [-0.05, 0) is 48.9 Å². The molecule has 1 N–H and O–H groups in total. The minimum Gasteiger partial charge on any atom is -0.493 e. The van der Waals surface area contributed by atoms with Gasteiger partial charge >= 0.3 is 0 Å². The predicted octanol–water partition coefficient (Wildman–Crippen LogP) is 3.65. The number of thiazole rings is 1. The van der Waals surface area contributed by atoms with Crippen molar-refractivity contribution in [1.29, 1.82) is 5.26 Å². The van der Waals surface area contributed by atoms with Crippen LogP contribution in [0.2, 0.25) is 0 Å². The maximum Gasteiger partial charge on any atom is 0.268 e. The number of carbonyl (C=O) groups excluding carboxylic acids is 1. The molecule has 0 bridgehead atoms. The molecule has 2 aromatic carbocycles. The molecule has 3 rings (SSSR count). The number of nitrogens with one attached hydrogen (secondary N) is 1. The van der Waals surface area contributed by atoms with E-state index in [0.717, 1.165) is 17.6 Å². The van der Waals surface area contributed by atoms with Gasteiger partial charge in [0.2, 0.25) is 0 Å². The van der Waals surface area contributed by atoms with Crippen LogP contribution in [0, 0.1) is 11.3 Å². The number of nitriles is 1. The topological polar surface area (TPSA) is 118 Å². The number of anilines is 1. The van der Waals surface area contributed by atoms with E-state index in [9.17, 15) is 18.5 Å². The predicted molar refractivity (Wildman–Crippen MR) is 119 cm³/mol. The Hall–Kier alpha value is -3.42. The zero-order valence-corrected chi connectivity index (χ0v) is 18.6. The monoisotopic (exact) mass is 457 g/mol. The number of fused-ring (bicyclic) bond motifs is 1. The van der Waals surface area contributed by atoms with Gasteiger partial charge in [-0.25, -0.2) is 13.4 Å². The van der Waals surface area contributed by atoms with Crippen LogP contribution in [0.15, 0.2) is 46.9 Å². The fourth-order valence-electron chi connectivity index (χ4n) is 2.72. The first-order valence-electron chi connectivity index (χ1n) is 9.09. The summed E-state index contributed by atoms with van der Waals surface area (Å²) in [5.41, 5.74) is 1.02. The molecule has 3 aromatic rings. The van der Waals surface area contributed by atoms with Crippen molar-refractivity contribution in [3.8, 4) is 17.6 Å². The molecule has 0 saturated heterocycles. The highest BCUT2D eigenvalue weighted by Crippen LogP contribution is 2.30. The quantitative estimate of drug-likeness (QED) is 0.425. The fourth-order valence-corrected chi connectivity index (χ4v) is 4.34. The van der Waals surface area contributed by atoms with Gasteiger partial charge in [-0.15, -0.1) is 0 Å². The zero-order chi connectivity index (χ0) is 22.6. The van der Waals surface area contributed by atoms with E-state index in [1.807, 2.05) is 13.0 Å². The molecule has 10 heteroatoms. The molecular formula is C21H19N3O5S2. The summed E-state index contributed by atoms with van der Waals surface area (Å²) in [5, 5.41) is 12.3. The highest BCUT2D eigenvalue weighted by Gasteiger charge is 2.15. The van der Waals surface area contributed by atoms with Crippen molar-refractivity contribution in [3.05, 3.63) is 47.5 Å². The molecule has 0 fully saturated rings. The molecule has 1 heterocycles. The van der Waals surface area contributed by atoms with Gasteiger partial charge in [0, 0.05) is 6.26 Å². The number of nitrogens with zero attached hydrogens (tertiary/aromatic N) is 2. The molecule has 0 aliphatic carbocycles. The number of hydrogen-bond donors (Lipinski definition) is 1. The summed E-state index contributed by atoms with van der Waals surface area (Å²) >= 11 is 1.12. The second-order valence-corrected chi connectivity index (χ2v) is 9.43. The van der Waals surface area contributed by atoms with Crippen LogP contribution in [-0.2, 0) is 14.6 Å². The van der Waals surface area contributed by atoms with E-state index in [-0.39, 0.29) is 15.6 Å². The van der Waals surface area contributed by atoms with Crippen LogP contribution in [0.5, 0.6) is 11.5 Å². The number of benzene rings is 2. The van der Waals surface area contributed by atoms with Gasteiger partial charge in [0.05, 0.1) is 28.8 Å². The lowest BCUT2D eigenvalue weighted by Gasteiger charge is -2.09. The number of amides is 1. The number of sulfone groups is 1. The number of rotatable bonds is 7. The average molecular weight is 458 g/mol. The standard InChI is InChI=1S/C21H19N3O5S2/c1-4-29-17-8-5-13(10-18(17)28-2)9-14(12-22)20(25)24-21-23-16-7-6-15(31(3,26)27)11-19(16)30-21/h5-11H,4H2,1-3H3,(H,23,24,25)/b14-9-. The lowest BCUT2D eigenvalue weighted by molar-refractivity contribution is -0.112. The van der Waals surface area contributed by atoms with E-state index in [1.165, 1.54) is 25.3 Å². The fraction of sp³-hybridized carbons (Fsp3) is 0.190.